The number of nitrogens with one attached hydrogen (secondary N) is 1. The number of aryl methyl sites for hydroxylation is 1. The Bertz CT molecular complexity index is 443. The summed E-state index contributed by atoms with van der Waals surface area (Å²) >= 11 is 0. The number of hydrogen-bond acceptors (Lipinski definition) is 4. The summed E-state index contributed by atoms with van der Waals surface area (Å²) in [7, 11) is 0. The van der Waals surface area contributed by atoms with Crippen LogP contribution < -0.4 is 5.32 Å². The molecule has 1 amide bonds. The minimum atomic E-state index is -0.960. The lowest BCUT2D eigenvalue weighted by Crippen LogP contribution is -2.25. The van der Waals surface area contributed by atoms with E-state index in [4.69, 9.17) is 0 Å². The molecule has 0 spiro atoms. The quantitative estimate of drug-likeness (QED) is 0.486. The third-order valence-electron chi connectivity index (χ3n) is 2.31. The molecule has 0 fully saturated rings. The normalized spacial score (nSPS) is 9.89. The maximum Gasteiger partial charge on any atom is 0.397 e. The van der Waals surface area contributed by atoms with Gasteiger partial charge in [-0.3, -0.25) is 4.79 Å². The van der Waals surface area contributed by atoms with Crippen molar-refractivity contribution in [3.63, 3.8) is 0 Å². The summed E-state index contributed by atoms with van der Waals surface area (Å²) in [4.78, 5) is 22.6. The molecular formula is C13H17NO4. The van der Waals surface area contributed by atoms with Crippen LogP contribution in [0.5, 0.6) is 5.75 Å². The Labute approximate surface area is 106 Å². The van der Waals surface area contributed by atoms with Crippen LogP contribution in [0.2, 0.25) is 0 Å². The van der Waals surface area contributed by atoms with Gasteiger partial charge >= 0.3 is 11.9 Å². The van der Waals surface area contributed by atoms with Crippen molar-refractivity contribution in [2.45, 2.75) is 26.7 Å². The fraction of sp³-hybridized carbons (Fsp3) is 0.385. The Hall–Kier alpha value is -2.04. The number of anilines is 1. The number of amides is 1. The zero-order chi connectivity index (χ0) is 13.5. The van der Waals surface area contributed by atoms with Gasteiger partial charge in [0.05, 0.1) is 12.3 Å². The molecule has 0 radical (unpaired) electrons. The summed E-state index contributed by atoms with van der Waals surface area (Å²) in [5, 5.41) is 11.9. The maximum absolute atomic E-state index is 11.4. The van der Waals surface area contributed by atoms with Crippen LogP contribution in [0.4, 0.5) is 5.69 Å². The number of rotatable bonds is 4. The van der Waals surface area contributed by atoms with E-state index in [-0.39, 0.29) is 18.0 Å². The molecule has 18 heavy (non-hydrogen) atoms. The Kier molecular flexibility index (Phi) is 5.17. The molecule has 0 saturated heterocycles. The van der Waals surface area contributed by atoms with Crippen LogP contribution in [0.25, 0.3) is 0 Å². The molecule has 5 nitrogen and oxygen atoms in total. The number of benzene rings is 1. The number of phenols is 1. The van der Waals surface area contributed by atoms with E-state index >= 15 is 0 Å². The zero-order valence-electron chi connectivity index (χ0n) is 10.5. The molecule has 1 aromatic carbocycles. The molecule has 1 rings (SSSR count). The number of hydrogen-bond donors (Lipinski definition) is 2. The summed E-state index contributed by atoms with van der Waals surface area (Å²) in [6, 6.07) is 4.92. The average molecular weight is 251 g/mol. The number of ether oxygens (including phenoxy) is 1. The third kappa shape index (κ3) is 3.76. The Balaban J connectivity index is 2.79. The number of aromatic hydroxyl groups is 1. The Morgan fingerprint density at radius 3 is 2.67 bits per heavy atom. The van der Waals surface area contributed by atoms with Gasteiger partial charge in [-0.1, -0.05) is 19.4 Å². The van der Waals surface area contributed by atoms with Crippen molar-refractivity contribution in [2.75, 3.05) is 11.9 Å². The fourth-order valence-electron chi connectivity index (χ4n) is 1.50. The molecule has 0 aliphatic heterocycles. The molecular weight excluding hydrogens is 234 g/mol. The van der Waals surface area contributed by atoms with E-state index in [2.05, 4.69) is 10.1 Å². The van der Waals surface area contributed by atoms with Crippen molar-refractivity contribution >= 4 is 17.6 Å². The molecule has 0 aliphatic rings. The smallest absolute Gasteiger partial charge is 0.397 e. The summed E-state index contributed by atoms with van der Waals surface area (Å²) in [6.07, 6.45) is 1.79. The lowest BCUT2D eigenvalue weighted by Gasteiger charge is -2.08. The van der Waals surface area contributed by atoms with Crippen molar-refractivity contribution in [1.82, 2.24) is 0 Å². The lowest BCUT2D eigenvalue weighted by atomic mass is 10.1. The van der Waals surface area contributed by atoms with Crippen molar-refractivity contribution in [1.29, 1.82) is 0 Å². The van der Waals surface area contributed by atoms with E-state index in [9.17, 15) is 14.7 Å². The average Bonchev–Trinajstić information content (AvgIpc) is 2.34. The van der Waals surface area contributed by atoms with E-state index in [1.165, 1.54) is 6.07 Å². The predicted octanol–water partition coefficient (Wildman–Crippen LogP) is 1.85. The summed E-state index contributed by atoms with van der Waals surface area (Å²) in [5.74, 6) is -1.92. The van der Waals surface area contributed by atoms with Crippen molar-refractivity contribution in [2.24, 2.45) is 0 Å². The van der Waals surface area contributed by atoms with Crippen LogP contribution in [0.1, 0.15) is 25.8 Å². The highest BCUT2D eigenvalue weighted by molar-refractivity contribution is 6.37. The van der Waals surface area contributed by atoms with Gasteiger partial charge in [0, 0.05) is 0 Å². The molecule has 1 aromatic rings. The molecule has 0 aliphatic carbocycles. The minimum absolute atomic E-state index is 0.0764. The molecule has 2 N–H and O–H groups in total. The molecule has 0 aromatic heterocycles. The summed E-state index contributed by atoms with van der Waals surface area (Å²) < 4.78 is 4.56. The first-order chi connectivity index (χ1) is 8.58. The lowest BCUT2D eigenvalue weighted by molar-refractivity contribution is -0.152. The van der Waals surface area contributed by atoms with E-state index in [1.54, 1.807) is 19.1 Å². The van der Waals surface area contributed by atoms with Gasteiger partial charge in [0.25, 0.3) is 0 Å². The summed E-state index contributed by atoms with van der Waals surface area (Å²) in [6.45, 7) is 3.78. The van der Waals surface area contributed by atoms with Gasteiger partial charge in [-0.25, -0.2) is 4.79 Å². The second-order valence-electron chi connectivity index (χ2n) is 3.78. The number of phenolic OH excluding ortho intramolecular Hbond substituents is 1. The van der Waals surface area contributed by atoms with Gasteiger partial charge in [0.1, 0.15) is 5.75 Å². The molecule has 0 saturated carbocycles. The van der Waals surface area contributed by atoms with Crippen LogP contribution in [0, 0.1) is 0 Å². The summed E-state index contributed by atoms with van der Waals surface area (Å²) in [5.41, 5.74) is 1.20. The van der Waals surface area contributed by atoms with Gasteiger partial charge in [-0.2, -0.15) is 0 Å². The molecule has 0 atom stereocenters. The highest BCUT2D eigenvalue weighted by Crippen LogP contribution is 2.24. The molecule has 5 heteroatoms. The topological polar surface area (TPSA) is 75.6 Å². The van der Waals surface area contributed by atoms with Gasteiger partial charge in [-0.15, -0.1) is 0 Å². The molecule has 0 bridgehead atoms. The zero-order valence-corrected chi connectivity index (χ0v) is 10.5. The van der Waals surface area contributed by atoms with Crippen LogP contribution >= 0.6 is 0 Å². The molecule has 98 valence electrons. The fourth-order valence-corrected chi connectivity index (χ4v) is 1.50. The van der Waals surface area contributed by atoms with Gasteiger partial charge < -0.3 is 15.2 Å². The first-order valence-electron chi connectivity index (χ1n) is 5.88. The van der Waals surface area contributed by atoms with Crippen LogP contribution in [-0.4, -0.2) is 23.6 Å². The highest BCUT2D eigenvalue weighted by atomic mass is 16.5. The third-order valence-corrected chi connectivity index (χ3v) is 2.31. The van der Waals surface area contributed by atoms with E-state index in [0.29, 0.717) is 0 Å². The van der Waals surface area contributed by atoms with Crippen LogP contribution in [0.15, 0.2) is 18.2 Å². The Morgan fingerprint density at radius 2 is 2.06 bits per heavy atom. The van der Waals surface area contributed by atoms with Crippen molar-refractivity contribution < 1.29 is 19.4 Å². The van der Waals surface area contributed by atoms with Crippen molar-refractivity contribution in [3.05, 3.63) is 23.8 Å². The molecule has 0 unspecified atom stereocenters. The van der Waals surface area contributed by atoms with E-state index < -0.39 is 11.9 Å². The maximum atomic E-state index is 11.4. The monoisotopic (exact) mass is 251 g/mol. The van der Waals surface area contributed by atoms with Gasteiger partial charge in [0.2, 0.25) is 0 Å². The predicted molar refractivity (Wildman–Crippen MR) is 67.4 cm³/mol. The second kappa shape index (κ2) is 6.64. The van der Waals surface area contributed by atoms with Gasteiger partial charge in [0.15, 0.2) is 0 Å². The van der Waals surface area contributed by atoms with Crippen LogP contribution in [-0.2, 0) is 20.7 Å². The number of carbonyl (C=O) groups is 2. The van der Waals surface area contributed by atoms with Crippen LogP contribution in [0.3, 0.4) is 0 Å². The first-order valence-corrected chi connectivity index (χ1v) is 5.88. The Morgan fingerprint density at radius 1 is 1.33 bits per heavy atom. The first kappa shape index (κ1) is 14.0. The largest absolute Gasteiger partial charge is 0.506 e. The van der Waals surface area contributed by atoms with E-state index in [0.717, 1.165) is 18.4 Å². The highest BCUT2D eigenvalue weighted by Gasteiger charge is 2.16. The standard InChI is InChI=1S/C13H17NO4/c1-3-5-9-6-7-11(15)10(8-9)14-12(16)13(17)18-4-2/h6-8,15H,3-5H2,1-2H3,(H,14,16). The SMILES string of the molecule is CCCc1ccc(O)c(NC(=O)C(=O)OCC)c1. The van der Waals surface area contributed by atoms with E-state index in [1.807, 2.05) is 6.92 Å². The number of esters is 1. The van der Waals surface area contributed by atoms with Gasteiger partial charge in [-0.05, 0) is 31.0 Å². The number of carbonyl (C=O) groups excluding carboxylic acids is 2. The minimum Gasteiger partial charge on any atom is -0.506 e. The van der Waals surface area contributed by atoms with Crippen molar-refractivity contribution in [3.8, 4) is 5.75 Å². The second-order valence-corrected chi connectivity index (χ2v) is 3.78. The molecule has 0 heterocycles.